The molecule has 1 N–H and O–H groups in total. The van der Waals surface area contributed by atoms with Gasteiger partial charge in [0.25, 0.3) is 5.91 Å². The molecule has 0 saturated heterocycles. The predicted molar refractivity (Wildman–Crippen MR) is 107 cm³/mol. The molecule has 0 unspecified atom stereocenters. The molecule has 1 atom stereocenters. The van der Waals surface area contributed by atoms with E-state index in [0.717, 1.165) is 11.3 Å². The van der Waals surface area contributed by atoms with Crippen molar-refractivity contribution in [3.63, 3.8) is 0 Å². The molecule has 1 aliphatic rings. The summed E-state index contributed by atoms with van der Waals surface area (Å²) >= 11 is 5.96. The number of nitrogens with zero attached hydrogens (tertiary/aromatic N) is 2. The van der Waals surface area contributed by atoms with Gasteiger partial charge in [0, 0.05) is 5.02 Å². The van der Waals surface area contributed by atoms with Gasteiger partial charge in [0.05, 0.1) is 31.1 Å². The van der Waals surface area contributed by atoms with Crippen molar-refractivity contribution >= 4 is 23.2 Å². The van der Waals surface area contributed by atoms with Crippen LogP contribution >= 0.6 is 11.6 Å². The van der Waals surface area contributed by atoms with E-state index in [0.29, 0.717) is 41.9 Å². The van der Waals surface area contributed by atoms with Gasteiger partial charge in [-0.2, -0.15) is 5.10 Å². The first-order valence-electron chi connectivity index (χ1n) is 9.11. The summed E-state index contributed by atoms with van der Waals surface area (Å²) in [6.45, 7) is 3.36. The van der Waals surface area contributed by atoms with Crippen LogP contribution in [0.3, 0.4) is 0 Å². The molecule has 2 aromatic carbocycles. The van der Waals surface area contributed by atoms with Crippen molar-refractivity contribution in [2.24, 2.45) is 0 Å². The summed E-state index contributed by atoms with van der Waals surface area (Å²) in [7, 11) is 0. The first kappa shape index (κ1) is 18.5. The molecule has 1 aromatic heterocycles. The number of hydrogen-bond acceptors (Lipinski definition) is 4. The van der Waals surface area contributed by atoms with Gasteiger partial charge < -0.3 is 14.8 Å². The molecule has 0 saturated carbocycles. The number of amides is 1. The van der Waals surface area contributed by atoms with E-state index in [4.69, 9.17) is 21.1 Å². The van der Waals surface area contributed by atoms with Crippen LogP contribution in [0.1, 0.15) is 34.8 Å². The lowest BCUT2D eigenvalue weighted by molar-refractivity contribution is -0.00118. The zero-order valence-corrected chi connectivity index (χ0v) is 16.1. The van der Waals surface area contributed by atoms with Gasteiger partial charge in [-0.05, 0) is 42.8 Å². The number of carbonyl (C=O) groups is 1. The Morgan fingerprint density at radius 3 is 2.86 bits per heavy atom. The third kappa shape index (κ3) is 3.88. The first-order valence-corrected chi connectivity index (χ1v) is 9.49. The second-order valence-electron chi connectivity index (χ2n) is 6.44. The Labute approximate surface area is 168 Å². The van der Waals surface area contributed by atoms with Crippen LogP contribution in [0.15, 0.2) is 54.6 Å². The summed E-state index contributed by atoms with van der Waals surface area (Å²) in [5.74, 6) is 0.352. The quantitative estimate of drug-likeness (QED) is 0.690. The molecular weight excluding hydrogens is 378 g/mol. The molecule has 0 radical (unpaired) electrons. The SMILES string of the molecule is CCOc1ccccc1NC(=O)c1cc2n(n1)C[C@H](c1ccc(Cl)cc1)OC2. The molecule has 4 rings (SSSR count). The number of ether oxygens (including phenoxy) is 2. The van der Waals surface area contributed by atoms with Crippen molar-refractivity contribution in [3.8, 4) is 5.75 Å². The third-order valence-corrected chi connectivity index (χ3v) is 4.80. The van der Waals surface area contributed by atoms with Crippen LogP contribution < -0.4 is 10.1 Å². The van der Waals surface area contributed by atoms with Gasteiger partial charge in [-0.1, -0.05) is 35.9 Å². The molecule has 0 bridgehead atoms. The lowest BCUT2D eigenvalue weighted by atomic mass is 10.1. The second kappa shape index (κ2) is 8.04. The van der Waals surface area contributed by atoms with Crippen molar-refractivity contribution in [1.29, 1.82) is 0 Å². The number of hydrogen-bond donors (Lipinski definition) is 1. The van der Waals surface area contributed by atoms with Crippen LogP contribution in [0, 0.1) is 0 Å². The van der Waals surface area contributed by atoms with Crippen LogP contribution in [0.4, 0.5) is 5.69 Å². The number of rotatable bonds is 5. The molecule has 28 heavy (non-hydrogen) atoms. The zero-order valence-electron chi connectivity index (χ0n) is 15.4. The molecule has 2 heterocycles. The van der Waals surface area contributed by atoms with Gasteiger partial charge in [0.1, 0.15) is 11.9 Å². The van der Waals surface area contributed by atoms with E-state index in [1.54, 1.807) is 12.1 Å². The number of anilines is 1. The van der Waals surface area contributed by atoms with E-state index in [-0.39, 0.29) is 12.0 Å². The summed E-state index contributed by atoms with van der Waals surface area (Å²) in [4.78, 5) is 12.7. The van der Waals surface area contributed by atoms with Crippen molar-refractivity contribution in [1.82, 2.24) is 9.78 Å². The van der Waals surface area contributed by atoms with Crippen LogP contribution in [0.5, 0.6) is 5.75 Å². The monoisotopic (exact) mass is 397 g/mol. The van der Waals surface area contributed by atoms with Crippen LogP contribution in [-0.2, 0) is 17.9 Å². The minimum absolute atomic E-state index is 0.126. The predicted octanol–water partition coefficient (Wildman–Crippen LogP) is 4.46. The maximum Gasteiger partial charge on any atom is 0.276 e. The van der Waals surface area contributed by atoms with Crippen LogP contribution in [0.2, 0.25) is 5.02 Å². The third-order valence-electron chi connectivity index (χ3n) is 4.54. The molecule has 6 nitrogen and oxygen atoms in total. The summed E-state index contributed by atoms with van der Waals surface area (Å²) < 4.78 is 13.3. The van der Waals surface area contributed by atoms with Crippen LogP contribution in [0.25, 0.3) is 0 Å². The van der Waals surface area contributed by atoms with Crippen LogP contribution in [-0.4, -0.2) is 22.3 Å². The topological polar surface area (TPSA) is 65.4 Å². The van der Waals surface area contributed by atoms with E-state index in [1.807, 2.05) is 54.1 Å². The number of fused-ring (bicyclic) bond motifs is 1. The highest BCUT2D eigenvalue weighted by Gasteiger charge is 2.24. The van der Waals surface area contributed by atoms with E-state index >= 15 is 0 Å². The van der Waals surface area contributed by atoms with Crippen molar-refractivity contribution in [2.75, 3.05) is 11.9 Å². The Bertz CT molecular complexity index is 985. The smallest absolute Gasteiger partial charge is 0.276 e. The van der Waals surface area contributed by atoms with Gasteiger partial charge >= 0.3 is 0 Å². The van der Waals surface area contributed by atoms with E-state index in [2.05, 4.69) is 10.4 Å². The zero-order chi connectivity index (χ0) is 19.5. The maximum atomic E-state index is 12.7. The molecule has 144 valence electrons. The Kier molecular flexibility index (Phi) is 5.32. The lowest BCUT2D eigenvalue weighted by Gasteiger charge is -2.24. The Balaban J connectivity index is 1.50. The molecule has 0 fully saturated rings. The number of halogens is 1. The fourth-order valence-electron chi connectivity index (χ4n) is 3.15. The highest BCUT2D eigenvalue weighted by molar-refractivity contribution is 6.30. The Hall–Kier alpha value is -2.83. The fraction of sp³-hybridized carbons (Fsp3) is 0.238. The van der Waals surface area contributed by atoms with Gasteiger partial charge in [-0.15, -0.1) is 0 Å². The highest BCUT2D eigenvalue weighted by atomic mass is 35.5. The fourth-order valence-corrected chi connectivity index (χ4v) is 3.28. The average Bonchev–Trinajstić information content (AvgIpc) is 3.14. The van der Waals surface area contributed by atoms with Crippen molar-refractivity contribution in [2.45, 2.75) is 26.2 Å². The summed E-state index contributed by atoms with van der Waals surface area (Å²) in [6.07, 6.45) is -0.126. The normalized spacial score (nSPS) is 15.7. The summed E-state index contributed by atoms with van der Waals surface area (Å²) in [5.41, 5.74) is 2.87. The standard InChI is InChI=1S/C21H20ClN3O3/c1-2-27-19-6-4-3-5-17(19)23-21(26)18-11-16-13-28-20(12-25(16)24-18)14-7-9-15(22)10-8-14/h3-11,20H,2,12-13H2,1H3,(H,23,26)/t20-/m1/s1. The molecule has 3 aromatic rings. The lowest BCUT2D eigenvalue weighted by Crippen LogP contribution is -2.22. The van der Waals surface area contributed by atoms with Gasteiger partial charge in [0.15, 0.2) is 5.69 Å². The first-order chi connectivity index (χ1) is 13.6. The minimum atomic E-state index is -0.280. The second-order valence-corrected chi connectivity index (χ2v) is 6.87. The molecule has 0 spiro atoms. The van der Waals surface area contributed by atoms with Gasteiger partial charge in [-0.25, -0.2) is 0 Å². The summed E-state index contributed by atoms with van der Waals surface area (Å²) in [5, 5.41) is 8.03. The molecule has 1 amide bonds. The van der Waals surface area contributed by atoms with Gasteiger partial charge in [-0.3, -0.25) is 9.48 Å². The molecule has 1 aliphatic heterocycles. The number of carbonyl (C=O) groups excluding carboxylic acids is 1. The average molecular weight is 398 g/mol. The number of nitrogens with one attached hydrogen (secondary N) is 1. The molecule has 7 heteroatoms. The number of benzene rings is 2. The van der Waals surface area contributed by atoms with E-state index < -0.39 is 0 Å². The molecule has 0 aliphatic carbocycles. The maximum absolute atomic E-state index is 12.7. The highest BCUT2D eigenvalue weighted by Crippen LogP contribution is 2.28. The number of aromatic nitrogens is 2. The molecular formula is C21H20ClN3O3. The Morgan fingerprint density at radius 1 is 1.29 bits per heavy atom. The van der Waals surface area contributed by atoms with Crippen molar-refractivity contribution in [3.05, 3.63) is 76.6 Å². The minimum Gasteiger partial charge on any atom is -0.492 e. The Morgan fingerprint density at radius 2 is 2.07 bits per heavy atom. The largest absolute Gasteiger partial charge is 0.492 e. The van der Waals surface area contributed by atoms with E-state index in [1.165, 1.54) is 0 Å². The van der Waals surface area contributed by atoms with Gasteiger partial charge in [0.2, 0.25) is 0 Å². The number of para-hydroxylation sites is 2. The van der Waals surface area contributed by atoms with E-state index in [9.17, 15) is 4.79 Å². The summed E-state index contributed by atoms with van der Waals surface area (Å²) in [6, 6.07) is 16.7. The van der Waals surface area contributed by atoms with Crippen molar-refractivity contribution < 1.29 is 14.3 Å².